The topological polar surface area (TPSA) is 72.5 Å². The van der Waals surface area contributed by atoms with Gasteiger partial charge < -0.3 is 15.6 Å². The van der Waals surface area contributed by atoms with E-state index >= 15 is 0 Å². The average molecular weight is 209 g/mol. The van der Waals surface area contributed by atoms with E-state index in [1.807, 2.05) is 0 Å². The zero-order valence-electron chi connectivity index (χ0n) is 8.64. The Morgan fingerprint density at radius 2 is 2.20 bits per heavy atom. The largest absolute Gasteiger partial charge is 0.490 e. The Balaban J connectivity index is 2.72. The van der Waals surface area contributed by atoms with Gasteiger partial charge >= 0.3 is 0 Å². The van der Waals surface area contributed by atoms with Crippen molar-refractivity contribution in [3.05, 3.63) is 29.8 Å². The van der Waals surface area contributed by atoms with Gasteiger partial charge in [0.2, 0.25) is 0 Å². The highest BCUT2D eigenvalue weighted by molar-refractivity contribution is 5.96. The monoisotopic (exact) mass is 209 g/mol. The number of para-hydroxylation sites is 1. The lowest BCUT2D eigenvalue weighted by Crippen LogP contribution is -2.26. The van der Waals surface area contributed by atoms with Crippen molar-refractivity contribution in [3.63, 3.8) is 0 Å². The van der Waals surface area contributed by atoms with Crippen LogP contribution in [-0.2, 0) is 0 Å². The van der Waals surface area contributed by atoms with E-state index in [1.165, 1.54) is 6.92 Å². The van der Waals surface area contributed by atoms with Gasteiger partial charge in [0.15, 0.2) is 5.78 Å². The van der Waals surface area contributed by atoms with Gasteiger partial charge in [0.1, 0.15) is 18.5 Å². The number of hydrogen-bond acceptors (Lipinski definition) is 4. The Morgan fingerprint density at radius 3 is 2.80 bits per heavy atom. The highest BCUT2D eigenvalue weighted by Crippen LogP contribution is 2.18. The number of rotatable bonds is 5. The summed E-state index contributed by atoms with van der Waals surface area (Å²) in [7, 11) is 0. The summed E-state index contributed by atoms with van der Waals surface area (Å²) in [4.78, 5) is 11.2. The van der Waals surface area contributed by atoms with E-state index in [2.05, 4.69) is 0 Å². The molecular formula is C11H15NO3. The molecule has 0 heterocycles. The first-order chi connectivity index (χ1) is 7.15. The summed E-state index contributed by atoms with van der Waals surface area (Å²) in [5.74, 6) is 0.422. The molecule has 1 aromatic rings. The van der Waals surface area contributed by atoms with Crippen LogP contribution in [0.1, 0.15) is 17.3 Å². The van der Waals surface area contributed by atoms with Crippen molar-refractivity contribution < 1.29 is 14.6 Å². The molecule has 0 saturated heterocycles. The lowest BCUT2D eigenvalue weighted by atomic mass is 10.1. The minimum absolute atomic E-state index is 0.0622. The molecule has 1 unspecified atom stereocenters. The van der Waals surface area contributed by atoms with Crippen molar-refractivity contribution in [3.8, 4) is 5.75 Å². The summed E-state index contributed by atoms with van der Waals surface area (Å²) in [5.41, 5.74) is 5.75. The van der Waals surface area contributed by atoms with Crippen molar-refractivity contribution in [1.29, 1.82) is 0 Å². The number of nitrogens with two attached hydrogens (primary N) is 1. The van der Waals surface area contributed by atoms with Crippen LogP contribution in [-0.4, -0.2) is 30.1 Å². The molecule has 0 fully saturated rings. The third-order valence-corrected chi connectivity index (χ3v) is 1.97. The second kappa shape index (κ2) is 5.48. The fourth-order valence-corrected chi connectivity index (χ4v) is 1.14. The molecule has 0 aliphatic heterocycles. The fourth-order valence-electron chi connectivity index (χ4n) is 1.14. The van der Waals surface area contributed by atoms with Crippen molar-refractivity contribution in [2.45, 2.75) is 13.0 Å². The number of aliphatic hydroxyl groups is 1. The Kier molecular flexibility index (Phi) is 4.27. The number of carbonyl (C=O) groups excluding carboxylic acids is 1. The highest BCUT2D eigenvalue weighted by Gasteiger charge is 2.08. The molecule has 1 rings (SSSR count). The summed E-state index contributed by atoms with van der Waals surface area (Å²) in [5, 5.41) is 9.21. The first-order valence-electron chi connectivity index (χ1n) is 4.76. The zero-order valence-corrected chi connectivity index (χ0v) is 8.64. The van der Waals surface area contributed by atoms with Crippen LogP contribution < -0.4 is 10.5 Å². The molecule has 15 heavy (non-hydrogen) atoms. The molecule has 1 atom stereocenters. The summed E-state index contributed by atoms with van der Waals surface area (Å²) >= 11 is 0. The summed E-state index contributed by atoms with van der Waals surface area (Å²) in [6.45, 7) is 1.71. The number of aliphatic hydroxyl groups excluding tert-OH is 1. The lowest BCUT2D eigenvalue weighted by Gasteiger charge is -2.12. The molecule has 82 valence electrons. The molecule has 4 nitrogen and oxygen atoms in total. The van der Waals surface area contributed by atoms with E-state index < -0.39 is 6.10 Å². The van der Waals surface area contributed by atoms with Crippen LogP contribution in [0.15, 0.2) is 24.3 Å². The summed E-state index contributed by atoms with van der Waals surface area (Å²) < 4.78 is 5.30. The second-order valence-electron chi connectivity index (χ2n) is 3.25. The standard InChI is InChI=1S/C11H15NO3/c1-8(13)10-4-2-3-5-11(10)15-7-9(14)6-12/h2-5,9,14H,6-7,12H2,1H3. The predicted molar refractivity (Wildman–Crippen MR) is 57.0 cm³/mol. The minimum atomic E-state index is -0.704. The number of Topliss-reactive ketones (excluding diaryl/α,β-unsaturated/α-hetero) is 1. The number of ketones is 1. The van der Waals surface area contributed by atoms with Crippen LogP contribution in [0.3, 0.4) is 0 Å². The predicted octanol–water partition coefficient (Wildman–Crippen LogP) is 0.588. The van der Waals surface area contributed by atoms with Gasteiger partial charge in [-0.25, -0.2) is 0 Å². The number of benzene rings is 1. The molecule has 0 aliphatic carbocycles. The van der Waals surface area contributed by atoms with Gasteiger partial charge in [0.05, 0.1) is 5.56 Å². The van der Waals surface area contributed by atoms with E-state index in [1.54, 1.807) is 24.3 Å². The fraction of sp³-hybridized carbons (Fsp3) is 0.364. The molecule has 0 bridgehead atoms. The molecule has 0 aromatic heterocycles. The second-order valence-corrected chi connectivity index (χ2v) is 3.25. The molecule has 0 radical (unpaired) electrons. The van der Waals surface area contributed by atoms with Gasteiger partial charge in [0.25, 0.3) is 0 Å². The molecule has 4 heteroatoms. The van der Waals surface area contributed by atoms with E-state index in [9.17, 15) is 9.90 Å². The Labute approximate surface area is 88.7 Å². The van der Waals surface area contributed by atoms with Gasteiger partial charge in [-0.3, -0.25) is 4.79 Å². The van der Waals surface area contributed by atoms with Gasteiger partial charge in [-0.2, -0.15) is 0 Å². The minimum Gasteiger partial charge on any atom is -0.490 e. The highest BCUT2D eigenvalue weighted by atomic mass is 16.5. The van der Waals surface area contributed by atoms with E-state index in [-0.39, 0.29) is 18.9 Å². The third kappa shape index (κ3) is 3.34. The maximum absolute atomic E-state index is 11.2. The van der Waals surface area contributed by atoms with E-state index in [4.69, 9.17) is 10.5 Å². The number of carbonyl (C=O) groups is 1. The maximum atomic E-state index is 11.2. The molecule has 0 saturated carbocycles. The van der Waals surface area contributed by atoms with Crippen molar-refractivity contribution >= 4 is 5.78 Å². The smallest absolute Gasteiger partial charge is 0.163 e. The van der Waals surface area contributed by atoms with Crippen LogP contribution >= 0.6 is 0 Å². The molecule has 1 aromatic carbocycles. The van der Waals surface area contributed by atoms with Crippen LogP contribution in [0.25, 0.3) is 0 Å². The Hall–Kier alpha value is -1.39. The average Bonchev–Trinajstić information content (AvgIpc) is 2.26. The van der Waals surface area contributed by atoms with Crippen LogP contribution in [0.2, 0.25) is 0 Å². The van der Waals surface area contributed by atoms with Crippen molar-refractivity contribution in [2.75, 3.05) is 13.2 Å². The van der Waals surface area contributed by atoms with Crippen molar-refractivity contribution in [1.82, 2.24) is 0 Å². The number of ether oxygens (including phenoxy) is 1. The Morgan fingerprint density at radius 1 is 1.53 bits per heavy atom. The third-order valence-electron chi connectivity index (χ3n) is 1.97. The van der Waals surface area contributed by atoms with Crippen LogP contribution in [0, 0.1) is 0 Å². The first kappa shape index (κ1) is 11.7. The maximum Gasteiger partial charge on any atom is 0.163 e. The van der Waals surface area contributed by atoms with Crippen LogP contribution in [0.5, 0.6) is 5.75 Å². The van der Waals surface area contributed by atoms with Gasteiger partial charge in [-0.05, 0) is 19.1 Å². The first-order valence-corrected chi connectivity index (χ1v) is 4.76. The zero-order chi connectivity index (χ0) is 11.3. The van der Waals surface area contributed by atoms with Crippen LogP contribution in [0.4, 0.5) is 0 Å². The Bertz CT molecular complexity index is 338. The molecule has 3 N–H and O–H groups in total. The van der Waals surface area contributed by atoms with E-state index in [0.717, 1.165) is 0 Å². The van der Waals surface area contributed by atoms with Gasteiger partial charge in [0, 0.05) is 6.54 Å². The van der Waals surface area contributed by atoms with Gasteiger partial charge in [-0.15, -0.1) is 0 Å². The normalized spacial score (nSPS) is 12.2. The van der Waals surface area contributed by atoms with Gasteiger partial charge in [-0.1, -0.05) is 12.1 Å². The lowest BCUT2D eigenvalue weighted by molar-refractivity contribution is 0.0988. The van der Waals surface area contributed by atoms with E-state index in [0.29, 0.717) is 11.3 Å². The van der Waals surface area contributed by atoms with Crippen molar-refractivity contribution in [2.24, 2.45) is 5.73 Å². The number of hydrogen-bond donors (Lipinski definition) is 2. The molecular weight excluding hydrogens is 194 g/mol. The quantitative estimate of drug-likeness (QED) is 0.696. The molecule has 0 amide bonds. The summed E-state index contributed by atoms with van der Waals surface area (Å²) in [6.07, 6.45) is -0.704. The molecule has 0 aliphatic rings. The SMILES string of the molecule is CC(=O)c1ccccc1OCC(O)CN. The summed E-state index contributed by atoms with van der Waals surface area (Å²) in [6, 6.07) is 6.92. The molecule has 0 spiro atoms.